The van der Waals surface area contributed by atoms with Crippen molar-refractivity contribution in [2.24, 2.45) is 5.92 Å². The molecule has 3 rings (SSSR count). The van der Waals surface area contributed by atoms with E-state index in [2.05, 4.69) is 15.6 Å². The Hall–Kier alpha value is -2.35. The fourth-order valence-electron chi connectivity index (χ4n) is 3.57. The van der Waals surface area contributed by atoms with Crippen LogP contribution in [0.5, 0.6) is 0 Å². The van der Waals surface area contributed by atoms with Crippen molar-refractivity contribution in [1.29, 1.82) is 0 Å². The highest BCUT2D eigenvalue weighted by Crippen LogP contribution is 2.32. The lowest BCUT2D eigenvalue weighted by Gasteiger charge is -2.29. The van der Waals surface area contributed by atoms with E-state index in [1.54, 1.807) is 13.0 Å². The van der Waals surface area contributed by atoms with Crippen molar-refractivity contribution in [1.82, 2.24) is 10.3 Å². The second kappa shape index (κ2) is 9.20. The molecule has 162 valence electrons. The zero-order chi connectivity index (χ0) is 21.9. The van der Waals surface area contributed by atoms with Gasteiger partial charge in [0.2, 0.25) is 5.95 Å². The van der Waals surface area contributed by atoms with Crippen LogP contribution in [0, 0.1) is 18.8 Å². The molecule has 2 N–H and O–H groups in total. The molecule has 0 aliphatic heterocycles. The molecule has 1 amide bonds. The molecule has 0 bridgehead atoms. The quantitative estimate of drug-likeness (QED) is 0.467. The Morgan fingerprint density at radius 2 is 1.90 bits per heavy atom. The van der Waals surface area contributed by atoms with E-state index in [1.165, 1.54) is 6.20 Å². The van der Waals surface area contributed by atoms with Crippen LogP contribution in [0.1, 0.15) is 47.2 Å². The lowest BCUT2D eigenvalue weighted by Crippen LogP contribution is -2.38. The summed E-state index contributed by atoms with van der Waals surface area (Å²) in [7, 11) is 0. The summed E-state index contributed by atoms with van der Waals surface area (Å²) in [6.45, 7) is 2.35. The topological polar surface area (TPSA) is 54.0 Å². The van der Waals surface area contributed by atoms with Gasteiger partial charge in [-0.05, 0) is 62.8 Å². The smallest absolute Gasteiger partial charge is 0.384 e. The Morgan fingerprint density at radius 3 is 2.53 bits per heavy atom. The van der Waals surface area contributed by atoms with Crippen molar-refractivity contribution in [3.8, 4) is 0 Å². The van der Waals surface area contributed by atoms with Crippen LogP contribution in [-0.4, -0.2) is 23.5 Å². The van der Waals surface area contributed by atoms with Crippen molar-refractivity contribution >= 4 is 23.2 Å². The summed E-state index contributed by atoms with van der Waals surface area (Å²) in [6, 6.07) is 4.32. The second-order valence-electron chi connectivity index (χ2n) is 7.60. The Balaban J connectivity index is 1.51. The van der Waals surface area contributed by atoms with Gasteiger partial charge in [-0.25, -0.2) is 4.98 Å². The van der Waals surface area contributed by atoms with Crippen molar-refractivity contribution in [2.45, 2.75) is 44.8 Å². The van der Waals surface area contributed by atoms with Gasteiger partial charge in [-0.3, -0.25) is 4.79 Å². The third-order valence-electron chi connectivity index (χ3n) is 5.33. The number of hydrogen-bond donors (Lipinski definition) is 2. The monoisotopic (exact) mass is 443 g/mol. The van der Waals surface area contributed by atoms with Crippen molar-refractivity contribution in [2.75, 3.05) is 11.9 Å². The lowest BCUT2D eigenvalue weighted by atomic mass is 9.86. The van der Waals surface area contributed by atoms with Gasteiger partial charge in [0, 0.05) is 18.2 Å². The maximum atomic E-state index is 13.2. The van der Waals surface area contributed by atoms with Crippen LogP contribution in [-0.2, 0) is 6.18 Å². The number of anilines is 1. The van der Waals surface area contributed by atoms with Crippen LogP contribution < -0.4 is 10.6 Å². The van der Waals surface area contributed by atoms with E-state index >= 15 is 0 Å². The highest BCUT2D eigenvalue weighted by molar-refractivity contribution is 6.33. The Kier molecular flexibility index (Phi) is 6.85. The second-order valence-corrected chi connectivity index (χ2v) is 8.00. The molecule has 1 aliphatic rings. The summed E-state index contributed by atoms with van der Waals surface area (Å²) < 4.78 is 51.9. The van der Waals surface area contributed by atoms with E-state index in [0.717, 1.165) is 49.6 Å². The van der Waals surface area contributed by atoms with E-state index in [9.17, 15) is 22.4 Å². The summed E-state index contributed by atoms with van der Waals surface area (Å²) in [4.78, 5) is 16.1. The molecule has 1 heterocycles. The maximum Gasteiger partial charge on any atom is 0.416 e. The lowest BCUT2D eigenvalue weighted by molar-refractivity contribution is -0.137. The Labute approximate surface area is 177 Å². The number of hydrogen-bond acceptors (Lipinski definition) is 3. The van der Waals surface area contributed by atoms with Crippen LogP contribution in [0.3, 0.4) is 0 Å². The number of benzene rings is 1. The Bertz CT molecular complexity index is 912. The molecule has 0 atom stereocenters. The van der Waals surface area contributed by atoms with Crippen molar-refractivity contribution in [3.63, 3.8) is 0 Å². The first kappa shape index (κ1) is 22.3. The van der Waals surface area contributed by atoms with E-state index < -0.39 is 23.6 Å². The largest absolute Gasteiger partial charge is 0.416 e. The number of aromatic nitrogens is 1. The third-order valence-corrected chi connectivity index (χ3v) is 5.66. The van der Waals surface area contributed by atoms with E-state index in [-0.39, 0.29) is 16.6 Å². The van der Waals surface area contributed by atoms with Gasteiger partial charge in [0.15, 0.2) is 0 Å². The van der Waals surface area contributed by atoms with Gasteiger partial charge in [0.25, 0.3) is 5.91 Å². The van der Waals surface area contributed by atoms with Gasteiger partial charge in [-0.15, -0.1) is 0 Å². The predicted molar refractivity (Wildman–Crippen MR) is 107 cm³/mol. The van der Waals surface area contributed by atoms with Gasteiger partial charge in [0.1, 0.15) is 0 Å². The maximum absolute atomic E-state index is 13.2. The molecule has 1 fully saturated rings. The number of aryl methyl sites for hydroxylation is 1. The van der Waals surface area contributed by atoms with E-state index in [0.29, 0.717) is 18.0 Å². The number of nitrogens with one attached hydrogen (secondary N) is 2. The number of amides is 1. The number of alkyl halides is 3. The summed E-state index contributed by atoms with van der Waals surface area (Å²) in [5, 5.41) is 6.04. The Morgan fingerprint density at radius 1 is 1.20 bits per heavy atom. The van der Waals surface area contributed by atoms with Gasteiger partial charge in [-0.2, -0.15) is 17.6 Å². The molecule has 1 aliphatic carbocycles. The fraction of sp³-hybridized carbons (Fsp3) is 0.429. The first-order valence-electron chi connectivity index (χ1n) is 9.67. The van der Waals surface area contributed by atoms with Crippen LogP contribution >= 0.6 is 11.6 Å². The first-order valence-corrected chi connectivity index (χ1v) is 10.0. The molecule has 4 nitrogen and oxygen atoms in total. The van der Waals surface area contributed by atoms with Gasteiger partial charge < -0.3 is 10.6 Å². The molecule has 1 aromatic heterocycles. The molecule has 2 aromatic rings. The normalized spacial score (nSPS) is 19.4. The highest BCUT2D eigenvalue weighted by atomic mass is 35.5. The molecule has 30 heavy (non-hydrogen) atoms. The fourth-order valence-corrected chi connectivity index (χ4v) is 3.77. The number of halogens is 5. The molecule has 1 saturated carbocycles. The molecular weight excluding hydrogens is 422 g/mol. The minimum absolute atomic E-state index is 0.0124. The summed E-state index contributed by atoms with van der Waals surface area (Å²) in [5.74, 6) is -0.709. The number of carbonyl (C=O) groups excluding carboxylic acids is 1. The molecular formula is C21H22ClF4N3O. The van der Waals surface area contributed by atoms with Crippen LogP contribution in [0.4, 0.5) is 23.2 Å². The predicted octanol–water partition coefficient (Wildman–Crippen LogP) is 5.60. The minimum atomic E-state index is -4.54. The van der Waals surface area contributed by atoms with E-state index in [4.69, 9.17) is 11.6 Å². The molecule has 0 radical (unpaired) electrons. The molecule has 0 saturated heterocycles. The van der Waals surface area contributed by atoms with Crippen LogP contribution in [0.25, 0.3) is 0 Å². The van der Waals surface area contributed by atoms with E-state index in [1.807, 2.05) is 0 Å². The standard InChI is InChI=1S/C21H22ClF4N3O/c1-12-8-16(11-28-19(12)23)27-10-13-2-5-15(6-3-13)29-20(30)17-9-14(21(24,25)26)4-7-18(17)22/h4,7-9,11,13,15,27H,2-3,5-6,10H2,1H3,(H,29,30). The zero-order valence-corrected chi connectivity index (χ0v) is 17.1. The van der Waals surface area contributed by atoms with Gasteiger partial charge >= 0.3 is 6.18 Å². The third kappa shape index (κ3) is 5.62. The number of nitrogens with zero attached hydrogens (tertiary/aromatic N) is 1. The summed E-state index contributed by atoms with van der Waals surface area (Å²) >= 11 is 5.94. The molecule has 0 spiro atoms. The molecule has 0 unspecified atom stereocenters. The zero-order valence-electron chi connectivity index (χ0n) is 16.3. The number of rotatable bonds is 5. The average molecular weight is 444 g/mol. The van der Waals surface area contributed by atoms with Crippen LogP contribution in [0.2, 0.25) is 5.02 Å². The van der Waals surface area contributed by atoms with Crippen molar-refractivity contribution < 1.29 is 22.4 Å². The summed E-state index contributed by atoms with van der Waals surface area (Å²) in [6.07, 6.45) is 0.0464. The molecule has 1 aromatic carbocycles. The average Bonchev–Trinajstić information content (AvgIpc) is 2.69. The number of carbonyl (C=O) groups is 1. The first-order chi connectivity index (χ1) is 14.1. The highest BCUT2D eigenvalue weighted by Gasteiger charge is 2.32. The van der Waals surface area contributed by atoms with Gasteiger partial charge in [-0.1, -0.05) is 11.6 Å². The van der Waals surface area contributed by atoms with Crippen molar-refractivity contribution in [3.05, 3.63) is 58.1 Å². The SMILES string of the molecule is Cc1cc(NCC2CCC(NC(=O)c3cc(C(F)(F)F)ccc3Cl)CC2)cnc1F. The number of pyridine rings is 1. The minimum Gasteiger partial charge on any atom is -0.384 e. The molecule has 9 heteroatoms. The van der Waals surface area contributed by atoms with Crippen LogP contribution in [0.15, 0.2) is 30.5 Å². The van der Waals surface area contributed by atoms with Gasteiger partial charge in [0.05, 0.1) is 28.0 Å². The summed E-state index contributed by atoms with van der Waals surface area (Å²) in [5.41, 5.74) is 0.148.